The summed E-state index contributed by atoms with van der Waals surface area (Å²) in [7, 11) is 1.73. The van der Waals surface area contributed by atoms with E-state index in [0.717, 1.165) is 17.9 Å². The molecule has 1 aromatic heterocycles. The molecule has 0 aromatic carbocycles. The zero-order valence-corrected chi connectivity index (χ0v) is 10.9. The van der Waals surface area contributed by atoms with E-state index < -0.39 is 6.04 Å². The molecule has 1 unspecified atom stereocenters. The number of aryl methyl sites for hydroxylation is 1. The van der Waals surface area contributed by atoms with Crippen LogP contribution in [0.15, 0.2) is 10.6 Å². The topological polar surface area (TPSA) is 72.4 Å². The molecule has 1 rings (SSSR count). The lowest BCUT2D eigenvalue weighted by molar-refractivity contribution is -0.133. The van der Waals surface area contributed by atoms with Crippen molar-refractivity contribution in [2.24, 2.45) is 11.7 Å². The fourth-order valence-electron chi connectivity index (χ4n) is 1.57. The average molecular weight is 239 g/mol. The van der Waals surface area contributed by atoms with Gasteiger partial charge in [-0.05, 0) is 12.8 Å². The van der Waals surface area contributed by atoms with Gasteiger partial charge in [0.2, 0.25) is 5.91 Å². The van der Waals surface area contributed by atoms with Gasteiger partial charge < -0.3 is 15.2 Å². The molecule has 0 saturated heterocycles. The molecular formula is C12H21N3O2. The molecule has 0 saturated carbocycles. The van der Waals surface area contributed by atoms with Gasteiger partial charge in [0.1, 0.15) is 11.5 Å². The highest BCUT2D eigenvalue weighted by molar-refractivity contribution is 5.81. The molecule has 0 aliphatic heterocycles. The maximum atomic E-state index is 12.0. The van der Waals surface area contributed by atoms with E-state index in [1.54, 1.807) is 11.9 Å². The Labute approximate surface area is 102 Å². The Morgan fingerprint density at radius 1 is 1.65 bits per heavy atom. The molecule has 2 atom stereocenters. The van der Waals surface area contributed by atoms with Crippen molar-refractivity contribution in [3.8, 4) is 0 Å². The third-order valence-corrected chi connectivity index (χ3v) is 2.99. The van der Waals surface area contributed by atoms with E-state index in [1.807, 2.05) is 26.8 Å². The standard InChI is InChI=1S/C12H21N3O2/c1-5-8(2)11(13)12(16)15(4)7-10-6-9(3)17-14-10/h6,8,11H,5,7,13H2,1-4H3/t8?,11-/m0/s1. The quantitative estimate of drug-likeness (QED) is 0.841. The number of nitrogens with zero attached hydrogens (tertiary/aromatic N) is 2. The second kappa shape index (κ2) is 5.82. The van der Waals surface area contributed by atoms with E-state index in [0.29, 0.717) is 6.54 Å². The predicted molar refractivity (Wildman–Crippen MR) is 65.1 cm³/mol. The highest BCUT2D eigenvalue weighted by Crippen LogP contribution is 2.10. The summed E-state index contributed by atoms with van der Waals surface area (Å²) >= 11 is 0. The Hall–Kier alpha value is -1.36. The number of likely N-dealkylation sites (N-methyl/N-ethyl adjacent to an activating group) is 1. The van der Waals surface area contributed by atoms with Gasteiger partial charge in [0, 0.05) is 13.1 Å². The van der Waals surface area contributed by atoms with Crippen molar-refractivity contribution in [3.63, 3.8) is 0 Å². The van der Waals surface area contributed by atoms with Gasteiger partial charge in [0.15, 0.2) is 0 Å². The van der Waals surface area contributed by atoms with Gasteiger partial charge in [-0.15, -0.1) is 0 Å². The zero-order chi connectivity index (χ0) is 13.0. The highest BCUT2D eigenvalue weighted by Gasteiger charge is 2.23. The SMILES string of the molecule is CCC(C)[C@H](N)C(=O)N(C)Cc1cc(C)on1. The predicted octanol–water partition coefficient (Wildman–Crippen LogP) is 1.31. The van der Waals surface area contributed by atoms with Crippen molar-refractivity contribution in [1.82, 2.24) is 10.1 Å². The lowest BCUT2D eigenvalue weighted by Crippen LogP contribution is -2.45. The van der Waals surface area contributed by atoms with Crippen LogP contribution in [0.4, 0.5) is 0 Å². The van der Waals surface area contributed by atoms with Gasteiger partial charge in [-0.1, -0.05) is 25.4 Å². The van der Waals surface area contributed by atoms with Crippen molar-refractivity contribution in [3.05, 3.63) is 17.5 Å². The molecule has 0 aliphatic rings. The fraction of sp³-hybridized carbons (Fsp3) is 0.667. The first-order chi connectivity index (χ1) is 7.95. The lowest BCUT2D eigenvalue weighted by Gasteiger charge is -2.23. The summed E-state index contributed by atoms with van der Waals surface area (Å²) in [6.45, 7) is 6.26. The van der Waals surface area contributed by atoms with Gasteiger partial charge in [-0.2, -0.15) is 0 Å². The van der Waals surface area contributed by atoms with Crippen LogP contribution >= 0.6 is 0 Å². The van der Waals surface area contributed by atoms with E-state index in [-0.39, 0.29) is 11.8 Å². The summed E-state index contributed by atoms with van der Waals surface area (Å²) < 4.78 is 4.96. The zero-order valence-electron chi connectivity index (χ0n) is 10.9. The van der Waals surface area contributed by atoms with Gasteiger partial charge in [0.05, 0.1) is 12.6 Å². The number of aromatic nitrogens is 1. The molecular weight excluding hydrogens is 218 g/mol. The molecule has 0 fully saturated rings. The van der Waals surface area contributed by atoms with Crippen LogP contribution in [0.2, 0.25) is 0 Å². The minimum absolute atomic E-state index is 0.0556. The summed E-state index contributed by atoms with van der Waals surface area (Å²) in [5, 5.41) is 3.85. The van der Waals surface area contributed by atoms with Gasteiger partial charge in [-0.3, -0.25) is 4.79 Å². The number of nitrogens with two attached hydrogens (primary N) is 1. The lowest BCUT2D eigenvalue weighted by atomic mass is 9.99. The normalized spacial score (nSPS) is 14.4. The molecule has 0 radical (unpaired) electrons. The molecule has 2 N–H and O–H groups in total. The van der Waals surface area contributed by atoms with Crippen LogP contribution in [-0.2, 0) is 11.3 Å². The molecule has 1 heterocycles. The Kier molecular flexibility index (Phi) is 4.69. The first kappa shape index (κ1) is 13.7. The molecule has 0 aliphatic carbocycles. The highest BCUT2D eigenvalue weighted by atomic mass is 16.5. The third kappa shape index (κ3) is 3.56. The van der Waals surface area contributed by atoms with Crippen LogP contribution in [0.1, 0.15) is 31.7 Å². The van der Waals surface area contributed by atoms with Crippen molar-refractivity contribution in [2.75, 3.05) is 7.05 Å². The molecule has 17 heavy (non-hydrogen) atoms. The van der Waals surface area contributed by atoms with E-state index in [2.05, 4.69) is 5.16 Å². The summed E-state index contributed by atoms with van der Waals surface area (Å²) in [5.41, 5.74) is 6.64. The van der Waals surface area contributed by atoms with Gasteiger partial charge >= 0.3 is 0 Å². The maximum Gasteiger partial charge on any atom is 0.239 e. The summed E-state index contributed by atoms with van der Waals surface area (Å²) in [6.07, 6.45) is 0.893. The van der Waals surface area contributed by atoms with Crippen LogP contribution in [0.25, 0.3) is 0 Å². The third-order valence-electron chi connectivity index (χ3n) is 2.99. The number of hydrogen-bond donors (Lipinski definition) is 1. The van der Waals surface area contributed by atoms with Crippen LogP contribution < -0.4 is 5.73 Å². The van der Waals surface area contributed by atoms with Crippen molar-refractivity contribution >= 4 is 5.91 Å². The number of amides is 1. The Morgan fingerprint density at radius 2 is 2.29 bits per heavy atom. The Bertz CT molecular complexity index is 376. The van der Waals surface area contributed by atoms with E-state index in [9.17, 15) is 4.79 Å². The van der Waals surface area contributed by atoms with Crippen LogP contribution in [-0.4, -0.2) is 29.1 Å². The van der Waals surface area contributed by atoms with Crippen LogP contribution in [0.5, 0.6) is 0 Å². The monoisotopic (exact) mass is 239 g/mol. The average Bonchev–Trinajstić information content (AvgIpc) is 2.71. The first-order valence-electron chi connectivity index (χ1n) is 5.88. The maximum absolute atomic E-state index is 12.0. The van der Waals surface area contributed by atoms with Gasteiger partial charge in [-0.25, -0.2) is 0 Å². The summed E-state index contributed by atoms with van der Waals surface area (Å²) in [4.78, 5) is 13.6. The largest absolute Gasteiger partial charge is 0.361 e. The summed E-state index contributed by atoms with van der Waals surface area (Å²) in [5.74, 6) is 0.871. The molecule has 1 amide bonds. The van der Waals surface area contributed by atoms with E-state index in [1.165, 1.54) is 0 Å². The van der Waals surface area contributed by atoms with Crippen LogP contribution in [0, 0.1) is 12.8 Å². The second-order valence-electron chi connectivity index (χ2n) is 4.53. The second-order valence-corrected chi connectivity index (χ2v) is 4.53. The van der Waals surface area contributed by atoms with Crippen LogP contribution in [0.3, 0.4) is 0 Å². The Morgan fingerprint density at radius 3 is 2.76 bits per heavy atom. The molecule has 96 valence electrons. The van der Waals surface area contributed by atoms with Gasteiger partial charge in [0.25, 0.3) is 0 Å². The fourth-order valence-corrected chi connectivity index (χ4v) is 1.57. The smallest absolute Gasteiger partial charge is 0.239 e. The number of hydrogen-bond acceptors (Lipinski definition) is 4. The number of carbonyl (C=O) groups excluding carboxylic acids is 1. The van der Waals surface area contributed by atoms with E-state index in [4.69, 9.17) is 10.3 Å². The molecule has 5 heteroatoms. The summed E-state index contributed by atoms with van der Waals surface area (Å²) in [6, 6.07) is 1.37. The first-order valence-corrected chi connectivity index (χ1v) is 5.88. The van der Waals surface area contributed by atoms with Crippen molar-refractivity contribution in [2.45, 2.75) is 39.8 Å². The van der Waals surface area contributed by atoms with E-state index >= 15 is 0 Å². The number of rotatable bonds is 5. The minimum Gasteiger partial charge on any atom is -0.361 e. The van der Waals surface area contributed by atoms with Crippen molar-refractivity contribution < 1.29 is 9.32 Å². The molecule has 5 nitrogen and oxygen atoms in total. The molecule has 0 bridgehead atoms. The van der Waals surface area contributed by atoms with Crippen molar-refractivity contribution in [1.29, 1.82) is 0 Å². The molecule has 1 aromatic rings. The molecule has 0 spiro atoms. The Balaban J connectivity index is 2.58. The number of carbonyl (C=O) groups is 1. The minimum atomic E-state index is -0.446.